The average molecular weight is 477 g/mol. The molecule has 0 saturated heterocycles. The van der Waals surface area contributed by atoms with Crippen LogP contribution < -0.4 is 8.32 Å². The molecule has 0 aliphatic carbocycles. The molecule has 3 heteroatoms. The van der Waals surface area contributed by atoms with Gasteiger partial charge in [0.25, 0.3) is 0 Å². The molecule has 0 unspecified atom stereocenters. The van der Waals surface area contributed by atoms with Crippen LogP contribution >= 0.6 is 0 Å². The predicted octanol–water partition coefficient (Wildman–Crippen LogP) is 6.88. The molecule has 0 fully saturated rings. The summed E-state index contributed by atoms with van der Waals surface area (Å²) in [7, 11) is 1.68. The first-order valence-corrected chi connectivity index (χ1v) is 18.3. The van der Waals surface area contributed by atoms with Crippen LogP contribution in [0, 0.1) is 0 Å². The summed E-state index contributed by atoms with van der Waals surface area (Å²) >= 11 is -2.47. The SMILES string of the molecule is CCC[CH2][Sn]([CH2]CCC)([CH2]CCC)[c]1ccc(OCOC)c2ccccc12. The number of fused-ring (bicyclic) bond motifs is 1. The van der Waals surface area contributed by atoms with Crippen molar-refractivity contribution in [3.8, 4) is 5.75 Å². The summed E-state index contributed by atoms with van der Waals surface area (Å²) < 4.78 is 17.2. The quantitative estimate of drug-likeness (QED) is 0.231. The van der Waals surface area contributed by atoms with Crippen LogP contribution in [0.5, 0.6) is 5.75 Å². The number of unbranched alkanes of at least 4 members (excludes halogenated alkanes) is 3. The molecule has 0 N–H and O–H groups in total. The number of ether oxygens (including phenoxy) is 2. The Kier molecular flexibility index (Phi) is 9.98. The van der Waals surface area contributed by atoms with Crippen LogP contribution in [0.2, 0.25) is 13.3 Å². The zero-order chi connectivity index (χ0) is 19.5. The molecule has 150 valence electrons. The van der Waals surface area contributed by atoms with E-state index in [-0.39, 0.29) is 0 Å². The van der Waals surface area contributed by atoms with E-state index in [2.05, 4.69) is 57.2 Å². The number of methoxy groups -OCH3 is 1. The van der Waals surface area contributed by atoms with E-state index in [1.807, 2.05) is 0 Å². The van der Waals surface area contributed by atoms with Crippen molar-refractivity contribution in [1.29, 1.82) is 0 Å². The fraction of sp³-hybridized carbons (Fsp3) is 0.583. The molecule has 0 atom stereocenters. The molecule has 2 rings (SSSR count). The van der Waals surface area contributed by atoms with Gasteiger partial charge >= 0.3 is 171 Å². The summed E-state index contributed by atoms with van der Waals surface area (Å²) in [6.07, 6.45) is 8.09. The van der Waals surface area contributed by atoms with Crippen LogP contribution in [-0.4, -0.2) is 32.3 Å². The molecule has 2 aromatic rings. The van der Waals surface area contributed by atoms with Crippen LogP contribution in [0.25, 0.3) is 10.8 Å². The Morgan fingerprint density at radius 3 is 1.81 bits per heavy atom. The van der Waals surface area contributed by atoms with Gasteiger partial charge in [0, 0.05) is 0 Å². The molecule has 0 amide bonds. The molecule has 0 aromatic heterocycles. The first kappa shape index (κ1) is 22.5. The van der Waals surface area contributed by atoms with Gasteiger partial charge in [0.1, 0.15) is 0 Å². The maximum absolute atomic E-state index is 5.88. The fourth-order valence-corrected chi connectivity index (χ4v) is 21.1. The molecule has 0 aliphatic rings. The van der Waals surface area contributed by atoms with Gasteiger partial charge in [0.05, 0.1) is 0 Å². The topological polar surface area (TPSA) is 18.5 Å². The van der Waals surface area contributed by atoms with Gasteiger partial charge in [-0.1, -0.05) is 0 Å². The summed E-state index contributed by atoms with van der Waals surface area (Å²) in [5.74, 6) is 0.956. The summed E-state index contributed by atoms with van der Waals surface area (Å²) in [5.41, 5.74) is 0. The molecule has 0 bridgehead atoms. The van der Waals surface area contributed by atoms with Gasteiger partial charge in [-0.2, -0.15) is 0 Å². The second kappa shape index (κ2) is 12.0. The van der Waals surface area contributed by atoms with Crippen LogP contribution in [0.1, 0.15) is 59.3 Å². The van der Waals surface area contributed by atoms with Crippen molar-refractivity contribution in [2.75, 3.05) is 13.9 Å². The van der Waals surface area contributed by atoms with Crippen LogP contribution in [0.15, 0.2) is 36.4 Å². The third kappa shape index (κ3) is 5.87. The van der Waals surface area contributed by atoms with E-state index < -0.39 is 18.4 Å². The zero-order valence-corrected chi connectivity index (χ0v) is 20.7. The van der Waals surface area contributed by atoms with E-state index in [4.69, 9.17) is 9.47 Å². The number of hydrogen-bond acceptors (Lipinski definition) is 2. The standard InChI is InChI=1S/C12H11O2.3C4H9.Sn/c1-13-9-14-12-8-4-6-10-5-2-3-7-11(10)12;3*1-3-4-2;/h2-5,7-8H,9H2,1H3;3*1,3-4H2,2H3;. The van der Waals surface area contributed by atoms with Crippen molar-refractivity contribution in [3.63, 3.8) is 0 Å². The van der Waals surface area contributed by atoms with Crippen LogP contribution in [0.4, 0.5) is 0 Å². The van der Waals surface area contributed by atoms with Crippen molar-refractivity contribution in [3.05, 3.63) is 36.4 Å². The monoisotopic (exact) mass is 478 g/mol. The van der Waals surface area contributed by atoms with Crippen LogP contribution in [0.3, 0.4) is 0 Å². The maximum atomic E-state index is 5.88. The fourth-order valence-electron chi connectivity index (χ4n) is 4.31. The predicted molar refractivity (Wildman–Crippen MR) is 121 cm³/mol. The number of rotatable bonds is 13. The van der Waals surface area contributed by atoms with E-state index in [1.165, 1.54) is 62.6 Å². The van der Waals surface area contributed by atoms with Crippen molar-refractivity contribution in [1.82, 2.24) is 0 Å². The molecule has 0 radical (unpaired) electrons. The van der Waals surface area contributed by atoms with E-state index in [0.29, 0.717) is 6.79 Å². The first-order chi connectivity index (χ1) is 13.2. The summed E-state index contributed by atoms with van der Waals surface area (Å²) in [4.78, 5) is 0. The van der Waals surface area contributed by atoms with Gasteiger partial charge in [-0.15, -0.1) is 0 Å². The Balaban J connectivity index is 2.56. The molecule has 0 spiro atoms. The summed E-state index contributed by atoms with van der Waals surface area (Å²) in [6.45, 7) is 7.33. The van der Waals surface area contributed by atoms with Crippen molar-refractivity contribution in [2.24, 2.45) is 0 Å². The molecule has 0 heterocycles. The normalized spacial score (nSPS) is 11.9. The van der Waals surface area contributed by atoms with E-state index in [0.717, 1.165) is 5.75 Å². The molecule has 27 heavy (non-hydrogen) atoms. The molecule has 2 nitrogen and oxygen atoms in total. The van der Waals surface area contributed by atoms with E-state index >= 15 is 0 Å². The average Bonchev–Trinajstić information content (AvgIpc) is 2.72. The molecule has 2 aromatic carbocycles. The Morgan fingerprint density at radius 1 is 0.741 bits per heavy atom. The van der Waals surface area contributed by atoms with Crippen molar-refractivity contribution < 1.29 is 9.47 Å². The second-order valence-corrected chi connectivity index (χ2v) is 20.9. The third-order valence-corrected chi connectivity index (χ3v) is 21.5. The summed E-state index contributed by atoms with van der Waals surface area (Å²) in [5, 5.41) is 2.71. The third-order valence-electron chi connectivity index (χ3n) is 5.81. The second-order valence-electron chi connectivity index (χ2n) is 7.80. The summed E-state index contributed by atoms with van der Waals surface area (Å²) in [6, 6.07) is 13.5. The minimum atomic E-state index is -2.47. The van der Waals surface area contributed by atoms with E-state index in [9.17, 15) is 0 Å². The Hall–Kier alpha value is -0.741. The van der Waals surface area contributed by atoms with Crippen molar-refractivity contribution >= 4 is 32.7 Å². The molecular weight excluding hydrogens is 439 g/mol. The van der Waals surface area contributed by atoms with Gasteiger partial charge in [0.2, 0.25) is 0 Å². The molecule has 0 saturated carbocycles. The van der Waals surface area contributed by atoms with Gasteiger partial charge in [-0.05, 0) is 0 Å². The van der Waals surface area contributed by atoms with Crippen molar-refractivity contribution in [2.45, 2.75) is 72.6 Å². The Morgan fingerprint density at radius 2 is 1.30 bits per heavy atom. The first-order valence-electron chi connectivity index (χ1n) is 10.9. The minimum absolute atomic E-state index is 0.305. The van der Waals surface area contributed by atoms with Gasteiger partial charge in [-0.3, -0.25) is 0 Å². The van der Waals surface area contributed by atoms with Crippen LogP contribution in [-0.2, 0) is 4.74 Å². The Labute approximate surface area is 170 Å². The molecular formula is C24H38O2Sn. The van der Waals surface area contributed by atoms with E-state index in [1.54, 1.807) is 10.7 Å². The molecule has 0 aliphatic heterocycles. The van der Waals surface area contributed by atoms with Gasteiger partial charge in [-0.25, -0.2) is 0 Å². The number of benzene rings is 2. The van der Waals surface area contributed by atoms with Gasteiger partial charge < -0.3 is 0 Å². The Bertz CT molecular complexity index is 661. The van der Waals surface area contributed by atoms with Gasteiger partial charge in [0.15, 0.2) is 0 Å². The number of hydrogen-bond donors (Lipinski definition) is 0. The zero-order valence-electron chi connectivity index (χ0n) is 17.9.